The molecule has 10 rings (SSSR count). The summed E-state index contributed by atoms with van der Waals surface area (Å²) in [5.74, 6) is 0. The van der Waals surface area contributed by atoms with Crippen LogP contribution in [0.4, 0.5) is 17.1 Å². The number of fused-ring (bicyclic) bond motifs is 5. The van der Waals surface area contributed by atoms with Crippen molar-refractivity contribution in [1.29, 1.82) is 0 Å². The van der Waals surface area contributed by atoms with E-state index in [1.165, 1.54) is 75.1 Å². The lowest BCUT2D eigenvalue weighted by Crippen LogP contribution is -2.10. The van der Waals surface area contributed by atoms with Gasteiger partial charge in [-0.3, -0.25) is 0 Å². The molecule has 0 radical (unpaired) electrons. The lowest BCUT2D eigenvalue weighted by Gasteiger charge is -2.26. The molecule has 0 atom stereocenters. The van der Waals surface area contributed by atoms with E-state index in [1.54, 1.807) is 0 Å². The standard InChI is InChI=1S/C50H33NS/c1-3-10-34(11-4-1)37-14-9-15-44(31-37)51(46-26-27-48-47-16-7-8-17-49(47)52-50(48)33-46)45-25-24-36-18-19-42(30-43(36)32-45)41-23-22-39-28-38(20-21-40(39)29-41)35-12-5-2-6-13-35/h1-33H. The Balaban J connectivity index is 1.08. The quantitative estimate of drug-likeness (QED) is 0.169. The van der Waals surface area contributed by atoms with Gasteiger partial charge in [0.15, 0.2) is 0 Å². The summed E-state index contributed by atoms with van der Waals surface area (Å²) in [4.78, 5) is 2.41. The number of anilines is 3. The molecule has 1 heterocycles. The maximum absolute atomic E-state index is 2.41. The third kappa shape index (κ3) is 5.51. The third-order valence-electron chi connectivity index (χ3n) is 10.2. The van der Waals surface area contributed by atoms with E-state index in [9.17, 15) is 0 Å². The maximum atomic E-state index is 2.41. The van der Waals surface area contributed by atoms with Gasteiger partial charge in [0.1, 0.15) is 0 Å². The van der Waals surface area contributed by atoms with Gasteiger partial charge in [0.05, 0.1) is 0 Å². The van der Waals surface area contributed by atoms with Gasteiger partial charge in [-0.15, -0.1) is 11.3 Å². The molecule has 0 aliphatic heterocycles. The number of rotatable bonds is 6. The zero-order valence-corrected chi connectivity index (χ0v) is 29.2. The van der Waals surface area contributed by atoms with Gasteiger partial charge in [0.2, 0.25) is 0 Å². The van der Waals surface area contributed by atoms with Crippen LogP contribution in [0, 0.1) is 0 Å². The van der Waals surface area contributed by atoms with Crippen LogP contribution in [0.5, 0.6) is 0 Å². The molecule has 1 nitrogen and oxygen atoms in total. The van der Waals surface area contributed by atoms with Crippen molar-refractivity contribution in [3.05, 3.63) is 200 Å². The zero-order valence-electron chi connectivity index (χ0n) is 28.4. The second kappa shape index (κ2) is 12.7. The minimum Gasteiger partial charge on any atom is -0.310 e. The second-order valence-electron chi connectivity index (χ2n) is 13.4. The summed E-state index contributed by atoms with van der Waals surface area (Å²) in [5, 5.41) is 7.54. The highest BCUT2D eigenvalue weighted by molar-refractivity contribution is 7.25. The summed E-state index contributed by atoms with van der Waals surface area (Å²) in [7, 11) is 0. The third-order valence-corrected chi connectivity index (χ3v) is 11.3. The molecule has 1 aromatic heterocycles. The van der Waals surface area contributed by atoms with Crippen molar-refractivity contribution in [2.24, 2.45) is 0 Å². The van der Waals surface area contributed by atoms with Gasteiger partial charge in [-0.1, -0.05) is 140 Å². The van der Waals surface area contributed by atoms with Crippen molar-refractivity contribution in [3.8, 4) is 33.4 Å². The number of nitrogens with zero attached hydrogens (tertiary/aromatic N) is 1. The fraction of sp³-hybridized carbons (Fsp3) is 0. The summed E-state index contributed by atoms with van der Waals surface area (Å²) >= 11 is 1.86. The molecule has 52 heavy (non-hydrogen) atoms. The molecule has 0 saturated carbocycles. The Morgan fingerprint density at radius 1 is 0.269 bits per heavy atom. The predicted octanol–water partition coefficient (Wildman–Crippen LogP) is 14.8. The van der Waals surface area contributed by atoms with E-state index in [2.05, 4.69) is 205 Å². The molecule has 0 fully saturated rings. The van der Waals surface area contributed by atoms with Gasteiger partial charge >= 0.3 is 0 Å². The molecular formula is C50H33NS. The Kier molecular flexibility index (Phi) is 7.41. The molecule has 0 aliphatic rings. The summed E-state index contributed by atoms with van der Waals surface area (Å²) in [6.07, 6.45) is 0. The van der Waals surface area contributed by atoms with Gasteiger partial charge in [0.25, 0.3) is 0 Å². The average molecular weight is 680 g/mol. The van der Waals surface area contributed by atoms with Crippen LogP contribution in [0.25, 0.3) is 75.1 Å². The van der Waals surface area contributed by atoms with Crippen LogP contribution in [0.15, 0.2) is 200 Å². The Morgan fingerprint density at radius 3 is 1.50 bits per heavy atom. The molecule has 0 unspecified atom stereocenters. The molecule has 10 aromatic rings. The van der Waals surface area contributed by atoms with Gasteiger partial charge in [0, 0.05) is 37.2 Å². The fourth-order valence-corrected chi connectivity index (χ4v) is 8.68. The first-order valence-corrected chi connectivity index (χ1v) is 18.6. The molecule has 0 spiro atoms. The van der Waals surface area contributed by atoms with Crippen LogP contribution in [0.2, 0.25) is 0 Å². The van der Waals surface area contributed by atoms with E-state index >= 15 is 0 Å². The zero-order chi connectivity index (χ0) is 34.4. The molecule has 244 valence electrons. The average Bonchev–Trinajstić information content (AvgIpc) is 3.59. The Bertz CT molecular complexity index is 2910. The number of benzene rings is 9. The predicted molar refractivity (Wildman–Crippen MR) is 225 cm³/mol. The molecule has 0 saturated heterocycles. The van der Waals surface area contributed by atoms with Crippen LogP contribution in [-0.4, -0.2) is 0 Å². The van der Waals surface area contributed by atoms with Gasteiger partial charge in [-0.2, -0.15) is 0 Å². The van der Waals surface area contributed by atoms with Gasteiger partial charge in [-0.25, -0.2) is 0 Å². The summed E-state index contributed by atoms with van der Waals surface area (Å²) in [6, 6.07) is 73.0. The first kappa shape index (κ1) is 30.4. The van der Waals surface area contributed by atoms with Crippen molar-refractivity contribution in [2.45, 2.75) is 0 Å². The number of hydrogen-bond donors (Lipinski definition) is 0. The van der Waals surface area contributed by atoms with Crippen molar-refractivity contribution in [2.75, 3.05) is 4.90 Å². The Morgan fingerprint density at radius 2 is 0.769 bits per heavy atom. The lowest BCUT2D eigenvalue weighted by molar-refractivity contribution is 1.30. The lowest BCUT2D eigenvalue weighted by atomic mass is 9.96. The van der Waals surface area contributed by atoms with E-state index in [-0.39, 0.29) is 0 Å². The highest BCUT2D eigenvalue weighted by atomic mass is 32.1. The van der Waals surface area contributed by atoms with E-state index in [1.807, 2.05) is 11.3 Å². The SMILES string of the molecule is c1ccc(-c2cccc(N(c3ccc4ccc(-c5ccc6cc(-c7ccccc7)ccc6c5)cc4c3)c3ccc4c(c3)sc3ccccc34)c2)cc1. The minimum absolute atomic E-state index is 1.13. The highest BCUT2D eigenvalue weighted by Gasteiger charge is 2.16. The largest absolute Gasteiger partial charge is 0.310 e. The number of thiophene rings is 1. The van der Waals surface area contributed by atoms with Gasteiger partial charge in [-0.05, 0) is 116 Å². The van der Waals surface area contributed by atoms with Crippen molar-refractivity contribution in [1.82, 2.24) is 0 Å². The highest BCUT2D eigenvalue weighted by Crippen LogP contribution is 2.42. The van der Waals surface area contributed by atoms with Crippen LogP contribution in [-0.2, 0) is 0 Å². The molecule has 0 amide bonds. The Hall–Kier alpha value is -6.48. The molecular weight excluding hydrogens is 647 g/mol. The van der Waals surface area contributed by atoms with Gasteiger partial charge < -0.3 is 4.90 Å². The van der Waals surface area contributed by atoms with Crippen LogP contribution < -0.4 is 4.90 Å². The van der Waals surface area contributed by atoms with Crippen molar-refractivity contribution >= 4 is 70.1 Å². The maximum Gasteiger partial charge on any atom is 0.0476 e. The summed E-state index contributed by atoms with van der Waals surface area (Å²) in [5.41, 5.74) is 10.7. The smallest absolute Gasteiger partial charge is 0.0476 e. The van der Waals surface area contributed by atoms with Crippen molar-refractivity contribution in [3.63, 3.8) is 0 Å². The Labute approximate surface area is 307 Å². The molecule has 0 N–H and O–H groups in total. The normalized spacial score (nSPS) is 11.5. The topological polar surface area (TPSA) is 3.24 Å². The molecule has 2 heteroatoms. The monoisotopic (exact) mass is 679 g/mol. The summed E-state index contributed by atoms with van der Waals surface area (Å²) in [6.45, 7) is 0. The number of hydrogen-bond acceptors (Lipinski definition) is 2. The molecule has 9 aromatic carbocycles. The second-order valence-corrected chi connectivity index (χ2v) is 14.5. The van der Waals surface area contributed by atoms with Crippen LogP contribution in [0.1, 0.15) is 0 Å². The van der Waals surface area contributed by atoms with E-state index in [4.69, 9.17) is 0 Å². The molecule has 0 aliphatic carbocycles. The fourth-order valence-electron chi connectivity index (χ4n) is 7.54. The first-order valence-electron chi connectivity index (χ1n) is 17.7. The van der Waals surface area contributed by atoms with E-state index in [0.717, 1.165) is 17.1 Å². The summed E-state index contributed by atoms with van der Waals surface area (Å²) < 4.78 is 2.61. The first-order chi connectivity index (χ1) is 25.7. The minimum atomic E-state index is 1.13. The molecule has 0 bridgehead atoms. The van der Waals surface area contributed by atoms with Crippen LogP contribution in [0.3, 0.4) is 0 Å². The van der Waals surface area contributed by atoms with E-state index in [0.29, 0.717) is 0 Å². The van der Waals surface area contributed by atoms with Crippen molar-refractivity contribution < 1.29 is 0 Å². The van der Waals surface area contributed by atoms with Crippen LogP contribution >= 0.6 is 11.3 Å². The van der Waals surface area contributed by atoms with E-state index < -0.39 is 0 Å².